The number of carbonyl (C=O) groups is 1. The molecule has 1 aromatic carbocycles. The lowest BCUT2D eigenvalue weighted by Gasteiger charge is -2.13. The molecular weight excluding hydrogens is 268 g/mol. The van der Waals surface area contributed by atoms with Gasteiger partial charge in [-0.1, -0.05) is 0 Å². The predicted molar refractivity (Wildman–Crippen MR) is 71.3 cm³/mol. The Morgan fingerprint density at radius 1 is 1.47 bits per heavy atom. The number of sulfonamides is 1. The van der Waals surface area contributed by atoms with Crippen LogP contribution in [0.15, 0.2) is 23.1 Å². The number of hydrogen-bond donors (Lipinski definition) is 2. The molecule has 0 heterocycles. The molecule has 0 saturated carbocycles. The summed E-state index contributed by atoms with van der Waals surface area (Å²) in [6, 6.07) is 3.54. The Morgan fingerprint density at radius 2 is 2.11 bits per heavy atom. The first-order chi connectivity index (χ1) is 8.77. The molecule has 106 valence electrons. The summed E-state index contributed by atoms with van der Waals surface area (Å²) in [5, 5.41) is 0. The zero-order valence-electron chi connectivity index (χ0n) is 11.1. The van der Waals surface area contributed by atoms with E-state index in [2.05, 4.69) is 4.72 Å². The molecule has 0 spiro atoms. The number of primary amides is 1. The van der Waals surface area contributed by atoms with Crippen LogP contribution in [0.4, 0.5) is 0 Å². The molecule has 0 radical (unpaired) electrons. The second-order valence-corrected chi connectivity index (χ2v) is 5.82. The van der Waals surface area contributed by atoms with Crippen molar-refractivity contribution in [1.29, 1.82) is 0 Å². The molecule has 0 unspecified atom stereocenters. The molecule has 0 aromatic heterocycles. The van der Waals surface area contributed by atoms with Gasteiger partial charge in [-0.3, -0.25) is 4.79 Å². The SMILES string of the molecule is CCOc1ccc(S(=O)(=O)N[C@@H](C)C(N)=O)cc1C. The van der Waals surface area contributed by atoms with Crippen LogP contribution in [0.5, 0.6) is 5.75 Å². The predicted octanol–water partition coefficient (Wildman–Crippen LogP) is 0.546. The van der Waals surface area contributed by atoms with Crippen molar-refractivity contribution >= 4 is 15.9 Å². The third-order valence-electron chi connectivity index (χ3n) is 2.52. The lowest BCUT2D eigenvalue weighted by Crippen LogP contribution is -2.42. The number of amides is 1. The number of rotatable bonds is 6. The van der Waals surface area contributed by atoms with Crippen molar-refractivity contribution in [3.05, 3.63) is 23.8 Å². The molecule has 1 amide bonds. The highest BCUT2D eigenvalue weighted by Gasteiger charge is 2.20. The third-order valence-corrected chi connectivity index (χ3v) is 4.05. The molecule has 0 saturated heterocycles. The number of nitrogens with one attached hydrogen (secondary N) is 1. The second kappa shape index (κ2) is 6.03. The van der Waals surface area contributed by atoms with Gasteiger partial charge in [0.05, 0.1) is 17.5 Å². The van der Waals surface area contributed by atoms with Crippen LogP contribution < -0.4 is 15.2 Å². The van der Waals surface area contributed by atoms with Gasteiger partial charge in [0.15, 0.2) is 0 Å². The Balaban J connectivity index is 3.02. The number of aryl methyl sites for hydroxylation is 1. The minimum Gasteiger partial charge on any atom is -0.494 e. The van der Waals surface area contributed by atoms with Gasteiger partial charge in [-0.25, -0.2) is 8.42 Å². The van der Waals surface area contributed by atoms with Crippen molar-refractivity contribution < 1.29 is 17.9 Å². The van der Waals surface area contributed by atoms with Crippen LogP contribution in [0, 0.1) is 6.92 Å². The van der Waals surface area contributed by atoms with E-state index in [9.17, 15) is 13.2 Å². The molecule has 1 aromatic rings. The molecule has 0 bridgehead atoms. The largest absolute Gasteiger partial charge is 0.494 e. The molecule has 1 atom stereocenters. The fraction of sp³-hybridized carbons (Fsp3) is 0.417. The standard InChI is InChI=1S/C12H18N2O4S/c1-4-18-11-6-5-10(7-8(11)2)19(16,17)14-9(3)12(13)15/h5-7,9,14H,4H2,1-3H3,(H2,13,15)/t9-/m0/s1. The first-order valence-electron chi connectivity index (χ1n) is 5.83. The van der Waals surface area contributed by atoms with Crippen molar-refractivity contribution in [2.75, 3.05) is 6.61 Å². The lowest BCUT2D eigenvalue weighted by atomic mass is 10.2. The highest BCUT2D eigenvalue weighted by atomic mass is 32.2. The van der Waals surface area contributed by atoms with Gasteiger partial charge in [0.2, 0.25) is 15.9 Å². The minimum atomic E-state index is -3.77. The van der Waals surface area contributed by atoms with Crippen LogP contribution in [-0.2, 0) is 14.8 Å². The zero-order valence-corrected chi connectivity index (χ0v) is 12.0. The normalized spacial score (nSPS) is 13.0. The van der Waals surface area contributed by atoms with Gasteiger partial charge >= 0.3 is 0 Å². The van der Waals surface area contributed by atoms with E-state index in [1.165, 1.54) is 19.1 Å². The van der Waals surface area contributed by atoms with E-state index in [1.54, 1.807) is 13.0 Å². The molecular formula is C12H18N2O4S. The average molecular weight is 286 g/mol. The Labute approximate surface area is 113 Å². The fourth-order valence-corrected chi connectivity index (χ4v) is 2.76. The number of nitrogens with two attached hydrogens (primary N) is 1. The van der Waals surface area contributed by atoms with Crippen molar-refractivity contribution in [3.8, 4) is 5.75 Å². The monoisotopic (exact) mass is 286 g/mol. The fourth-order valence-electron chi connectivity index (χ4n) is 1.47. The summed E-state index contributed by atoms with van der Waals surface area (Å²) >= 11 is 0. The van der Waals surface area contributed by atoms with Gasteiger partial charge in [-0.05, 0) is 44.5 Å². The topological polar surface area (TPSA) is 98.5 Å². The summed E-state index contributed by atoms with van der Waals surface area (Å²) in [6.07, 6.45) is 0. The van der Waals surface area contributed by atoms with Crippen molar-refractivity contribution in [2.24, 2.45) is 5.73 Å². The lowest BCUT2D eigenvalue weighted by molar-refractivity contribution is -0.119. The summed E-state index contributed by atoms with van der Waals surface area (Å²) in [5.74, 6) is -0.101. The maximum absolute atomic E-state index is 12.0. The molecule has 0 fully saturated rings. The Kier molecular flexibility index (Phi) is 4.90. The number of benzene rings is 1. The van der Waals surface area contributed by atoms with Crippen LogP contribution >= 0.6 is 0 Å². The minimum absolute atomic E-state index is 0.0709. The first kappa shape index (κ1) is 15.5. The van der Waals surface area contributed by atoms with E-state index in [-0.39, 0.29) is 4.90 Å². The van der Waals surface area contributed by atoms with E-state index in [1.807, 2.05) is 6.92 Å². The molecule has 0 aliphatic heterocycles. The van der Waals surface area contributed by atoms with Gasteiger partial charge in [0, 0.05) is 0 Å². The molecule has 0 aliphatic carbocycles. The van der Waals surface area contributed by atoms with Gasteiger partial charge in [-0.15, -0.1) is 0 Å². The molecule has 19 heavy (non-hydrogen) atoms. The smallest absolute Gasteiger partial charge is 0.241 e. The summed E-state index contributed by atoms with van der Waals surface area (Å²) in [6.45, 7) is 5.49. The van der Waals surface area contributed by atoms with Crippen LogP contribution in [0.2, 0.25) is 0 Å². The Hall–Kier alpha value is -1.60. The Bertz CT molecular complexity index is 569. The number of carbonyl (C=O) groups excluding carboxylic acids is 1. The number of ether oxygens (including phenoxy) is 1. The van der Waals surface area contributed by atoms with Gasteiger partial charge in [0.25, 0.3) is 0 Å². The van der Waals surface area contributed by atoms with E-state index in [4.69, 9.17) is 10.5 Å². The highest BCUT2D eigenvalue weighted by Crippen LogP contribution is 2.21. The molecule has 1 rings (SSSR count). The van der Waals surface area contributed by atoms with Gasteiger partial charge < -0.3 is 10.5 Å². The van der Waals surface area contributed by atoms with E-state index in [0.29, 0.717) is 17.9 Å². The van der Waals surface area contributed by atoms with Crippen LogP contribution in [0.25, 0.3) is 0 Å². The van der Waals surface area contributed by atoms with E-state index < -0.39 is 22.0 Å². The molecule has 3 N–H and O–H groups in total. The zero-order chi connectivity index (χ0) is 14.6. The second-order valence-electron chi connectivity index (χ2n) is 4.11. The summed E-state index contributed by atoms with van der Waals surface area (Å²) in [5.41, 5.74) is 5.73. The van der Waals surface area contributed by atoms with Crippen LogP contribution in [-0.4, -0.2) is 27.0 Å². The summed E-state index contributed by atoms with van der Waals surface area (Å²) in [7, 11) is -3.77. The van der Waals surface area contributed by atoms with Crippen molar-refractivity contribution in [3.63, 3.8) is 0 Å². The highest BCUT2D eigenvalue weighted by molar-refractivity contribution is 7.89. The quantitative estimate of drug-likeness (QED) is 0.797. The molecule has 7 heteroatoms. The van der Waals surface area contributed by atoms with Gasteiger partial charge in [-0.2, -0.15) is 4.72 Å². The van der Waals surface area contributed by atoms with Crippen LogP contribution in [0.3, 0.4) is 0 Å². The summed E-state index contributed by atoms with van der Waals surface area (Å²) in [4.78, 5) is 11.0. The van der Waals surface area contributed by atoms with Gasteiger partial charge in [0.1, 0.15) is 5.75 Å². The van der Waals surface area contributed by atoms with Crippen LogP contribution in [0.1, 0.15) is 19.4 Å². The average Bonchev–Trinajstić information content (AvgIpc) is 2.31. The van der Waals surface area contributed by atoms with Crippen molar-refractivity contribution in [1.82, 2.24) is 4.72 Å². The maximum Gasteiger partial charge on any atom is 0.241 e. The molecule has 0 aliphatic rings. The third kappa shape index (κ3) is 3.93. The van der Waals surface area contributed by atoms with Crippen molar-refractivity contribution in [2.45, 2.75) is 31.7 Å². The van der Waals surface area contributed by atoms with E-state index >= 15 is 0 Å². The number of hydrogen-bond acceptors (Lipinski definition) is 4. The first-order valence-corrected chi connectivity index (χ1v) is 7.31. The Morgan fingerprint density at radius 3 is 2.58 bits per heavy atom. The maximum atomic E-state index is 12.0. The summed E-state index contributed by atoms with van der Waals surface area (Å²) < 4.78 is 31.6. The van der Waals surface area contributed by atoms with E-state index in [0.717, 1.165) is 0 Å². The molecule has 6 nitrogen and oxygen atoms in total.